The maximum atomic E-state index is 5.87. The second-order valence-electron chi connectivity index (χ2n) is 7.18. The smallest absolute Gasteiger partial charge is 0.119 e. The van der Waals surface area contributed by atoms with Crippen LogP contribution < -0.4 is 4.74 Å². The van der Waals surface area contributed by atoms with Crippen molar-refractivity contribution in [2.45, 2.75) is 13.3 Å². The molecule has 0 unspecified atom stereocenters. The topological polar surface area (TPSA) is 12.5 Å². The van der Waals surface area contributed by atoms with E-state index in [1.165, 1.54) is 27.8 Å². The van der Waals surface area contributed by atoms with Crippen LogP contribution in [0.2, 0.25) is 0 Å². The summed E-state index contributed by atoms with van der Waals surface area (Å²) in [5.74, 6) is 0.901. The second-order valence-corrected chi connectivity index (χ2v) is 8.09. The van der Waals surface area contributed by atoms with E-state index in [4.69, 9.17) is 4.74 Å². The van der Waals surface area contributed by atoms with E-state index in [-0.39, 0.29) is 0 Å². The molecule has 0 aliphatic carbocycles. The standard InChI is InChI=1S/C26H27BrNO/c1-4-25(20-10-14-23(27)15-11-20)26(21-8-6-5-7-9-21)22-12-16-24(17-13-22)29-19-18-28(2)3/h6-17H,4,18-19H2,1-3H3. The van der Waals surface area contributed by atoms with Gasteiger partial charge in [-0.1, -0.05) is 71.4 Å². The minimum absolute atomic E-state index is 0.683. The van der Waals surface area contributed by atoms with Crippen LogP contribution in [-0.4, -0.2) is 32.1 Å². The lowest BCUT2D eigenvalue weighted by atomic mass is 9.88. The van der Waals surface area contributed by atoms with Crippen molar-refractivity contribution in [2.24, 2.45) is 0 Å². The van der Waals surface area contributed by atoms with Crippen LogP contribution in [0.15, 0.2) is 77.3 Å². The minimum Gasteiger partial charge on any atom is -0.492 e. The molecule has 0 bridgehead atoms. The van der Waals surface area contributed by atoms with Gasteiger partial charge < -0.3 is 9.64 Å². The molecular formula is C26H27BrNO. The highest BCUT2D eigenvalue weighted by Gasteiger charge is 2.13. The van der Waals surface area contributed by atoms with E-state index in [2.05, 4.69) is 109 Å². The first-order valence-electron chi connectivity index (χ1n) is 9.92. The van der Waals surface area contributed by atoms with E-state index in [0.717, 1.165) is 23.2 Å². The number of likely N-dealkylation sites (N-methyl/N-ethyl adjacent to an activating group) is 1. The van der Waals surface area contributed by atoms with Crippen molar-refractivity contribution >= 4 is 27.1 Å². The van der Waals surface area contributed by atoms with E-state index in [9.17, 15) is 0 Å². The summed E-state index contributed by atoms with van der Waals surface area (Å²) in [5.41, 5.74) is 6.21. The first kappa shape index (κ1) is 21.4. The van der Waals surface area contributed by atoms with Crippen molar-refractivity contribution in [1.29, 1.82) is 0 Å². The first-order valence-corrected chi connectivity index (χ1v) is 10.7. The van der Waals surface area contributed by atoms with Crippen molar-refractivity contribution in [2.75, 3.05) is 27.2 Å². The zero-order chi connectivity index (χ0) is 20.6. The summed E-state index contributed by atoms with van der Waals surface area (Å²) in [6.45, 7) is 3.80. The number of hydrogen-bond acceptors (Lipinski definition) is 2. The van der Waals surface area contributed by atoms with E-state index in [0.29, 0.717) is 6.61 Å². The molecule has 0 N–H and O–H groups in total. The Labute approximate surface area is 183 Å². The van der Waals surface area contributed by atoms with Crippen LogP contribution in [0.1, 0.15) is 30.0 Å². The number of rotatable bonds is 8. The molecule has 1 radical (unpaired) electrons. The summed E-state index contributed by atoms with van der Waals surface area (Å²) in [4.78, 5) is 2.12. The molecule has 0 heterocycles. The maximum absolute atomic E-state index is 5.87. The largest absolute Gasteiger partial charge is 0.492 e. The Hall–Kier alpha value is -2.36. The van der Waals surface area contributed by atoms with Crippen LogP contribution in [0.3, 0.4) is 0 Å². The molecule has 0 atom stereocenters. The maximum Gasteiger partial charge on any atom is 0.119 e. The molecule has 29 heavy (non-hydrogen) atoms. The molecule has 149 valence electrons. The predicted octanol–water partition coefficient (Wildman–Crippen LogP) is 6.56. The van der Waals surface area contributed by atoms with Crippen molar-refractivity contribution in [3.05, 3.63) is 100 Å². The Balaban J connectivity index is 2.01. The van der Waals surface area contributed by atoms with Gasteiger partial charge in [-0.3, -0.25) is 0 Å². The lowest BCUT2D eigenvalue weighted by molar-refractivity contribution is 0.261. The van der Waals surface area contributed by atoms with E-state index >= 15 is 0 Å². The molecule has 3 rings (SSSR count). The molecule has 0 aromatic heterocycles. The number of halogens is 1. The lowest BCUT2D eigenvalue weighted by Gasteiger charge is -2.17. The SMILES string of the molecule is CCC(=C(c1cc[c]cc1)c1ccc(OCCN(C)C)cc1)c1ccc(Br)cc1. The molecule has 0 saturated heterocycles. The van der Waals surface area contributed by atoms with Gasteiger partial charge in [0.1, 0.15) is 12.4 Å². The molecule has 0 aliphatic rings. The predicted molar refractivity (Wildman–Crippen MR) is 126 cm³/mol. The summed E-state index contributed by atoms with van der Waals surface area (Å²) < 4.78 is 6.96. The highest BCUT2D eigenvalue weighted by Crippen LogP contribution is 2.35. The molecule has 0 aliphatic heterocycles. The monoisotopic (exact) mass is 448 g/mol. The zero-order valence-electron chi connectivity index (χ0n) is 17.3. The number of benzene rings is 3. The first-order chi connectivity index (χ1) is 14.1. The fourth-order valence-electron chi connectivity index (χ4n) is 3.31. The summed E-state index contributed by atoms with van der Waals surface area (Å²) >= 11 is 3.54. The van der Waals surface area contributed by atoms with Crippen LogP contribution in [0.5, 0.6) is 5.75 Å². The highest BCUT2D eigenvalue weighted by molar-refractivity contribution is 9.10. The van der Waals surface area contributed by atoms with Gasteiger partial charge in [0.2, 0.25) is 0 Å². The van der Waals surface area contributed by atoms with Crippen molar-refractivity contribution in [1.82, 2.24) is 4.90 Å². The molecule has 2 nitrogen and oxygen atoms in total. The van der Waals surface area contributed by atoms with Crippen LogP contribution in [0.4, 0.5) is 0 Å². The molecule has 0 amide bonds. The Morgan fingerprint density at radius 3 is 2.03 bits per heavy atom. The van der Waals surface area contributed by atoms with Crippen molar-refractivity contribution in [3.8, 4) is 5.75 Å². The molecular weight excluding hydrogens is 422 g/mol. The third-order valence-corrected chi connectivity index (χ3v) is 5.33. The number of ether oxygens (including phenoxy) is 1. The molecule has 0 saturated carbocycles. The van der Waals surface area contributed by atoms with E-state index < -0.39 is 0 Å². The Morgan fingerprint density at radius 1 is 0.862 bits per heavy atom. The lowest BCUT2D eigenvalue weighted by Crippen LogP contribution is -2.19. The average molecular weight is 449 g/mol. The molecule has 3 aromatic rings. The van der Waals surface area contributed by atoms with Crippen LogP contribution >= 0.6 is 15.9 Å². The molecule has 0 fully saturated rings. The summed E-state index contributed by atoms with van der Waals surface area (Å²) in [6.07, 6.45) is 0.941. The number of hydrogen-bond donors (Lipinski definition) is 0. The molecule has 3 heteroatoms. The highest BCUT2D eigenvalue weighted by atomic mass is 79.9. The van der Waals surface area contributed by atoms with Gasteiger partial charge in [-0.05, 0) is 78.7 Å². The molecule has 3 aromatic carbocycles. The Morgan fingerprint density at radius 2 is 1.45 bits per heavy atom. The van der Waals surface area contributed by atoms with Crippen LogP contribution in [-0.2, 0) is 0 Å². The number of nitrogens with zero attached hydrogens (tertiary/aromatic N) is 1. The second kappa shape index (κ2) is 10.4. The van der Waals surface area contributed by atoms with Gasteiger partial charge in [0.15, 0.2) is 0 Å². The third-order valence-electron chi connectivity index (χ3n) is 4.81. The van der Waals surface area contributed by atoms with Gasteiger partial charge >= 0.3 is 0 Å². The fourth-order valence-corrected chi connectivity index (χ4v) is 3.57. The van der Waals surface area contributed by atoms with Crippen LogP contribution in [0, 0.1) is 6.07 Å². The average Bonchev–Trinajstić information content (AvgIpc) is 2.74. The quantitative estimate of drug-likeness (QED) is 0.361. The van der Waals surface area contributed by atoms with Crippen molar-refractivity contribution < 1.29 is 4.74 Å². The van der Waals surface area contributed by atoms with Gasteiger partial charge in [0, 0.05) is 11.0 Å². The zero-order valence-corrected chi connectivity index (χ0v) is 18.9. The van der Waals surface area contributed by atoms with E-state index in [1.54, 1.807) is 0 Å². The fraction of sp³-hybridized carbons (Fsp3) is 0.231. The number of allylic oxidation sites excluding steroid dienone is 1. The van der Waals surface area contributed by atoms with Gasteiger partial charge in [-0.15, -0.1) is 0 Å². The Kier molecular flexibility index (Phi) is 7.68. The molecule has 0 spiro atoms. The summed E-state index contributed by atoms with van der Waals surface area (Å²) in [6, 6.07) is 28.3. The van der Waals surface area contributed by atoms with Gasteiger partial charge in [0.25, 0.3) is 0 Å². The summed E-state index contributed by atoms with van der Waals surface area (Å²) in [7, 11) is 4.10. The minimum atomic E-state index is 0.683. The Bertz CT molecular complexity index is 929. The summed E-state index contributed by atoms with van der Waals surface area (Å²) in [5, 5.41) is 0. The van der Waals surface area contributed by atoms with Crippen molar-refractivity contribution in [3.63, 3.8) is 0 Å². The van der Waals surface area contributed by atoms with E-state index in [1.807, 2.05) is 12.1 Å². The van der Waals surface area contributed by atoms with Crippen LogP contribution in [0.25, 0.3) is 11.1 Å². The third kappa shape index (κ3) is 5.81. The van der Waals surface area contributed by atoms with Gasteiger partial charge in [-0.2, -0.15) is 0 Å². The van der Waals surface area contributed by atoms with Gasteiger partial charge in [-0.25, -0.2) is 0 Å². The van der Waals surface area contributed by atoms with Gasteiger partial charge in [0.05, 0.1) is 0 Å². The normalized spacial score (nSPS) is 12.0.